The average molecular weight is 281 g/mol. The van der Waals surface area contributed by atoms with Gasteiger partial charge in [-0.2, -0.15) is 5.26 Å². The van der Waals surface area contributed by atoms with Crippen molar-refractivity contribution in [3.8, 4) is 6.07 Å². The second-order valence-corrected chi connectivity index (χ2v) is 6.02. The Kier molecular flexibility index (Phi) is 3.81. The van der Waals surface area contributed by atoms with Crippen LogP contribution in [0.15, 0.2) is 24.3 Å². The molecule has 0 bridgehead atoms. The Morgan fingerprint density at radius 1 is 1.19 bits per heavy atom. The maximum absolute atomic E-state index is 8.99. The lowest BCUT2D eigenvalue weighted by atomic mass is 9.96. The van der Waals surface area contributed by atoms with Crippen LogP contribution in [0.3, 0.4) is 0 Å². The van der Waals surface area contributed by atoms with Crippen LogP contribution >= 0.6 is 0 Å². The number of aryl methyl sites for hydroxylation is 1. The third-order valence-corrected chi connectivity index (χ3v) is 3.05. The molecular formula is C16H19N5. The van der Waals surface area contributed by atoms with Crippen LogP contribution in [0.2, 0.25) is 0 Å². The molecule has 0 aliphatic carbocycles. The van der Waals surface area contributed by atoms with Crippen LogP contribution in [-0.4, -0.2) is 9.97 Å². The highest BCUT2D eigenvalue weighted by Gasteiger charge is 2.18. The summed E-state index contributed by atoms with van der Waals surface area (Å²) >= 11 is 0. The van der Waals surface area contributed by atoms with Gasteiger partial charge >= 0.3 is 0 Å². The van der Waals surface area contributed by atoms with E-state index >= 15 is 0 Å². The molecule has 0 unspecified atom stereocenters. The Morgan fingerprint density at radius 3 is 2.52 bits per heavy atom. The smallest absolute Gasteiger partial charge is 0.138 e. The van der Waals surface area contributed by atoms with Crippen molar-refractivity contribution in [3.05, 3.63) is 41.2 Å². The Labute approximate surface area is 124 Å². The van der Waals surface area contributed by atoms with Crippen molar-refractivity contribution in [3.63, 3.8) is 0 Å². The van der Waals surface area contributed by atoms with Gasteiger partial charge in [-0.15, -0.1) is 0 Å². The minimum Gasteiger partial charge on any atom is -0.384 e. The van der Waals surface area contributed by atoms with Crippen LogP contribution in [0.4, 0.5) is 17.3 Å². The lowest BCUT2D eigenvalue weighted by Crippen LogP contribution is -2.17. The molecule has 5 heteroatoms. The Morgan fingerprint density at radius 2 is 1.90 bits per heavy atom. The first-order chi connectivity index (χ1) is 9.79. The number of hydrogen-bond donors (Lipinski definition) is 2. The van der Waals surface area contributed by atoms with Gasteiger partial charge in [0.05, 0.1) is 11.6 Å². The van der Waals surface area contributed by atoms with Crippen molar-refractivity contribution < 1.29 is 0 Å². The second kappa shape index (κ2) is 5.41. The number of aromatic nitrogens is 2. The van der Waals surface area contributed by atoms with Gasteiger partial charge < -0.3 is 11.1 Å². The molecule has 0 saturated heterocycles. The maximum atomic E-state index is 8.99. The third-order valence-electron chi connectivity index (χ3n) is 3.05. The topological polar surface area (TPSA) is 87.6 Å². The molecule has 2 aromatic rings. The zero-order valence-electron chi connectivity index (χ0n) is 12.7. The average Bonchev–Trinajstić information content (AvgIpc) is 2.39. The molecule has 5 nitrogen and oxygen atoms in total. The molecule has 0 aliphatic rings. The van der Waals surface area contributed by atoms with Gasteiger partial charge in [0.15, 0.2) is 0 Å². The predicted molar refractivity (Wildman–Crippen MR) is 84.3 cm³/mol. The lowest BCUT2D eigenvalue weighted by Gasteiger charge is -2.18. The highest BCUT2D eigenvalue weighted by molar-refractivity contribution is 5.64. The summed E-state index contributed by atoms with van der Waals surface area (Å²) in [5.41, 5.74) is 8.14. The summed E-state index contributed by atoms with van der Waals surface area (Å²) < 4.78 is 0. The first-order valence-electron chi connectivity index (χ1n) is 6.72. The Bertz CT molecular complexity index is 708. The minimum atomic E-state index is -0.185. The van der Waals surface area contributed by atoms with Crippen LogP contribution < -0.4 is 11.1 Å². The van der Waals surface area contributed by atoms with Crippen molar-refractivity contribution in [2.24, 2.45) is 0 Å². The van der Waals surface area contributed by atoms with Gasteiger partial charge in [-0.25, -0.2) is 9.97 Å². The summed E-state index contributed by atoms with van der Waals surface area (Å²) in [6.45, 7) is 8.08. The quantitative estimate of drug-likeness (QED) is 0.882. The van der Waals surface area contributed by atoms with Gasteiger partial charge in [-0.3, -0.25) is 0 Å². The van der Waals surface area contributed by atoms with Gasteiger partial charge in [0.2, 0.25) is 0 Å². The molecule has 1 heterocycles. The van der Waals surface area contributed by atoms with E-state index in [-0.39, 0.29) is 5.41 Å². The molecule has 0 amide bonds. The van der Waals surface area contributed by atoms with E-state index in [1.165, 1.54) is 0 Å². The molecule has 1 aromatic carbocycles. The van der Waals surface area contributed by atoms with Gasteiger partial charge in [0, 0.05) is 17.2 Å². The number of nitrogens with one attached hydrogen (secondary N) is 1. The summed E-state index contributed by atoms with van der Waals surface area (Å²) in [5, 5.41) is 12.2. The SMILES string of the molecule is Cc1ccc(C#N)cc1Nc1cc(N)nc(C(C)(C)C)n1. The van der Waals surface area contributed by atoms with E-state index in [4.69, 9.17) is 11.0 Å². The molecule has 1 aromatic heterocycles. The molecule has 21 heavy (non-hydrogen) atoms. The van der Waals surface area contributed by atoms with Crippen molar-refractivity contribution in [1.29, 1.82) is 5.26 Å². The Balaban J connectivity index is 2.41. The van der Waals surface area contributed by atoms with E-state index in [1.54, 1.807) is 18.2 Å². The molecule has 2 rings (SSSR count). The molecule has 108 valence electrons. The number of nitrogens with zero attached hydrogens (tertiary/aromatic N) is 3. The van der Waals surface area contributed by atoms with E-state index in [9.17, 15) is 0 Å². The zero-order chi connectivity index (χ0) is 15.6. The van der Waals surface area contributed by atoms with Crippen molar-refractivity contribution in [1.82, 2.24) is 9.97 Å². The highest BCUT2D eigenvalue weighted by Crippen LogP contribution is 2.25. The molecule has 0 radical (unpaired) electrons. The first-order valence-corrected chi connectivity index (χ1v) is 6.72. The molecule has 3 N–H and O–H groups in total. The van der Waals surface area contributed by atoms with Crippen LogP contribution in [0.5, 0.6) is 0 Å². The zero-order valence-corrected chi connectivity index (χ0v) is 12.7. The summed E-state index contributed by atoms with van der Waals surface area (Å²) in [6, 6.07) is 9.30. The summed E-state index contributed by atoms with van der Waals surface area (Å²) in [5.74, 6) is 1.73. The predicted octanol–water partition coefficient (Wildman–Crippen LogP) is 3.28. The number of nitriles is 1. The number of benzene rings is 1. The fourth-order valence-electron chi connectivity index (χ4n) is 1.83. The molecule has 0 atom stereocenters. The van der Waals surface area contributed by atoms with Crippen molar-refractivity contribution in [2.45, 2.75) is 33.1 Å². The van der Waals surface area contributed by atoms with Crippen LogP contribution in [-0.2, 0) is 5.41 Å². The summed E-state index contributed by atoms with van der Waals surface area (Å²) in [6.07, 6.45) is 0. The Hall–Kier alpha value is -2.61. The number of nitrogen functional groups attached to an aromatic ring is 1. The van der Waals surface area contributed by atoms with Gasteiger partial charge in [-0.05, 0) is 24.6 Å². The van der Waals surface area contributed by atoms with Gasteiger partial charge in [0.1, 0.15) is 17.5 Å². The summed E-state index contributed by atoms with van der Waals surface area (Å²) in [4.78, 5) is 8.79. The van der Waals surface area contributed by atoms with Gasteiger partial charge in [-0.1, -0.05) is 26.8 Å². The number of anilines is 3. The fraction of sp³-hybridized carbons (Fsp3) is 0.312. The molecular weight excluding hydrogens is 262 g/mol. The molecule has 0 fully saturated rings. The number of hydrogen-bond acceptors (Lipinski definition) is 5. The fourth-order valence-corrected chi connectivity index (χ4v) is 1.83. The van der Waals surface area contributed by atoms with Crippen LogP contribution in [0, 0.1) is 18.3 Å². The largest absolute Gasteiger partial charge is 0.384 e. The van der Waals surface area contributed by atoms with Crippen molar-refractivity contribution in [2.75, 3.05) is 11.1 Å². The normalized spacial score (nSPS) is 11.0. The van der Waals surface area contributed by atoms with Crippen molar-refractivity contribution >= 4 is 17.3 Å². The summed E-state index contributed by atoms with van der Waals surface area (Å²) in [7, 11) is 0. The monoisotopic (exact) mass is 281 g/mol. The van der Waals surface area contributed by atoms with E-state index in [0.717, 1.165) is 11.3 Å². The minimum absolute atomic E-state index is 0.185. The second-order valence-electron chi connectivity index (χ2n) is 6.02. The number of rotatable bonds is 2. The van der Waals surface area contributed by atoms with Crippen LogP contribution in [0.1, 0.15) is 37.7 Å². The molecule has 0 aliphatic heterocycles. The van der Waals surface area contributed by atoms with Crippen LogP contribution in [0.25, 0.3) is 0 Å². The standard InChI is InChI=1S/C16H19N5/c1-10-5-6-11(9-17)7-12(10)19-14-8-13(18)20-15(21-14)16(2,3)4/h5-8H,1-4H3,(H3,18,19,20,21). The van der Waals surface area contributed by atoms with E-state index < -0.39 is 0 Å². The highest BCUT2D eigenvalue weighted by atomic mass is 15.1. The third kappa shape index (κ3) is 3.48. The molecule has 0 saturated carbocycles. The lowest BCUT2D eigenvalue weighted by molar-refractivity contribution is 0.547. The van der Waals surface area contributed by atoms with Gasteiger partial charge in [0.25, 0.3) is 0 Å². The van der Waals surface area contributed by atoms with E-state index in [2.05, 4.69) is 21.4 Å². The number of nitrogens with two attached hydrogens (primary N) is 1. The molecule has 0 spiro atoms. The maximum Gasteiger partial charge on any atom is 0.138 e. The van der Waals surface area contributed by atoms with E-state index in [0.29, 0.717) is 23.0 Å². The van der Waals surface area contributed by atoms with E-state index in [1.807, 2.05) is 33.8 Å². The first kappa shape index (κ1) is 14.8.